The molecular weight excluding hydrogens is 292 g/mol. The van der Waals surface area contributed by atoms with Gasteiger partial charge >= 0.3 is 0 Å². The van der Waals surface area contributed by atoms with Gasteiger partial charge in [-0.3, -0.25) is 14.9 Å². The van der Waals surface area contributed by atoms with Crippen LogP contribution >= 0.6 is 11.8 Å². The fourth-order valence-electron chi connectivity index (χ4n) is 1.59. The first-order valence-corrected chi connectivity index (χ1v) is 6.99. The summed E-state index contributed by atoms with van der Waals surface area (Å²) in [7, 11) is 0. The molecule has 108 valence electrons. The second-order valence-electron chi connectivity index (χ2n) is 4.14. The number of benzene rings is 2. The van der Waals surface area contributed by atoms with Crippen molar-refractivity contribution >= 4 is 29.0 Å². The molecule has 0 atom stereocenters. The van der Waals surface area contributed by atoms with E-state index in [9.17, 15) is 20.0 Å². The Kier molecular flexibility index (Phi) is 4.78. The summed E-state index contributed by atoms with van der Waals surface area (Å²) in [5.74, 6) is 0.0350. The van der Waals surface area contributed by atoms with E-state index in [1.54, 1.807) is 24.3 Å². The lowest BCUT2D eigenvalue weighted by molar-refractivity contribution is -0.384. The number of thioether (sulfide) groups is 1. The summed E-state index contributed by atoms with van der Waals surface area (Å²) in [6.45, 7) is 0. The van der Waals surface area contributed by atoms with Crippen LogP contribution < -0.4 is 5.32 Å². The van der Waals surface area contributed by atoms with Gasteiger partial charge in [-0.15, -0.1) is 11.8 Å². The Labute approximate surface area is 125 Å². The Balaban J connectivity index is 1.87. The number of phenolic OH excluding ortho intramolecular Hbond substituents is 1. The number of nitro benzene ring substituents is 1. The molecule has 0 spiro atoms. The second-order valence-corrected chi connectivity index (χ2v) is 5.19. The van der Waals surface area contributed by atoms with Gasteiger partial charge in [0.1, 0.15) is 5.75 Å². The van der Waals surface area contributed by atoms with Gasteiger partial charge in [0.05, 0.1) is 10.7 Å². The first-order valence-electron chi connectivity index (χ1n) is 6.01. The third-order valence-corrected chi connectivity index (χ3v) is 3.56. The fraction of sp³-hybridized carbons (Fsp3) is 0.0714. The number of hydrogen-bond donors (Lipinski definition) is 2. The van der Waals surface area contributed by atoms with Gasteiger partial charge in [0, 0.05) is 28.8 Å². The first-order chi connectivity index (χ1) is 10.0. The molecular formula is C14H12N2O4S. The minimum absolute atomic E-state index is 0.0172. The molecule has 0 aliphatic rings. The molecule has 0 radical (unpaired) electrons. The summed E-state index contributed by atoms with van der Waals surface area (Å²) in [5.41, 5.74) is 0.535. The summed E-state index contributed by atoms with van der Waals surface area (Å²) in [5, 5.41) is 22.5. The van der Waals surface area contributed by atoms with Gasteiger partial charge < -0.3 is 10.4 Å². The molecule has 0 aliphatic heterocycles. The zero-order valence-electron chi connectivity index (χ0n) is 10.9. The zero-order valence-corrected chi connectivity index (χ0v) is 11.7. The molecule has 0 unspecified atom stereocenters. The summed E-state index contributed by atoms with van der Waals surface area (Å²) >= 11 is 1.28. The molecule has 2 N–H and O–H groups in total. The lowest BCUT2D eigenvalue weighted by atomic mass is 10.3. The normalized spacial score (nSPS) is 10.1. The first kappa shape index (κ1) is 14.9. The van der Waals surface area contributed by atoms with Crippen LogP contribution in [0.15, 0.2) is 53.4 Å². The van der Waals surface area contributed by atoms with Crippen molar-refractivity contribution < 1.29 is 14.8 Å². The number of nitrogens with zero attached hydrogens (tertiary/aromatic N) is 1. The van der Waals surface area contributed by atoms with Crippen LogP contribution in [0.25, 0.3) is 0 Å². The maximum Gasteiger partial charge on any atom is 0.269 e. The van der Waals surface area contributed by atoms with Gasteiger partial charge in [-0.05, 0) is 24.3 Å². The minimum Gasteiger partial charge on any atom is -0.508 e. The average molecular weight is 304 g/mol. The van der Waals surface area contributed by atoms with Crippen molar-refractivity contribution in [2.45, 2.75) is 4.90 Å². The van der Waals surface area contributed by atoms with Gasteiger partial charge in [-0.25, -0.2) is 0 Å². The average Bonchev–Trinajstić information content (AvgIpc) is 2.45. The molecule has 6 nitrogen and oxygen atoms in total. The number of phenols is 1. The molecule has 1 amide bonds. The highest BCUT2D eigenvalue weighted by Crippen LogP contribution is 2.22. The van der Waals surface area contributed by atoms with Crippen molar-refractivity contribution in [2.75, 3.05) is 11.1 Å². The molecule has 0 saturated carbocycles. The standard InChI is InChI=1S/C14H12N2O4S/c17-12-3-1-2-10(8-12)15-14(18)9-21-13-6-4-11(5-7-13)16(19)20/h1-8,17H,9H2,(H,15,18). The SMILES string of the molecule is O=C(CSc1ccc([N+](=O)[O-])cc1)Nc1cccc(O)c1. The van der Waals surface area contributed by atoms with Crippen molar-refractivity contribution in [1.82, 2.24) is 0 Å². The fourth-order valence-corrected chi connectivity index (χ4v) is 2.29. The summed E-state index contributed by atoms with van der Waals surface area (Å²) in [4.78, 5) is 22.6. The van der Waals surface area contributed by atoms with E-state index in [0.717, 1.165) is 4.90 Å². The number of carbonyl (C=O) groups excluding carboxylic acids is 1. The quantitative estimate of drug-likeness (QED) is 0.503. The molecule has 21 heavy (non-hydrogen) atoms. The molecule has 0 aliphatic carbocycles. The van der Waals surface area contributed by atoms with Crippen molar-refractivity contribution in [3.8, 4) is 5.75 Å². The van der Waals surface area contributed by atoms with E-state index in [0.29, 0.717) is 5.69 Å². The number of nitrogens with one attached hydrogen (secondary N) is 1. The highest BCUT2D eigenvalue weighted by molar-refractivity contribution is 8.00. The molecule has 0 aromatic heterocycles. The third kappa shape index (κ3) is 4.50. The highest BCUT2D eigenvalue weighted by atomic mass is 32.2. The Bertz CT molecular complexity index is 658. The molecule has 0 bridgehead atoms. The Morgan fingerprint density at radius 1 is 1.24 bits per heavy atom. The van der Waals surface area contributed by atoms with Crippen LogP contribution in [0.3, 0.4) is 0 Å². The predicted molar refractivity (Wildman–Crippen MR) is 80.6 cm³/mol. The monoisotopic (exact) mass is 304 g/mol. The number of rotatable bonds is 5. The van der Waals surface area contributed by atoms with E-state index in [1.165, 1.54) is 36.0 Å². The van der Waals surface area contributed by atoms with Gasteiger partial charge in [-0.2, -0.15) is 0 Å². The Morgan fingerprint density at radius 3 is 2.57 bits per heavy atom. The number of non-ortho nitro benzene ring substituents is 1. The Hall–Kier alpha value is -2.54. The highest BCUT2D eigenvalue weighted by Gasteiger charge is 2.07. The van der Waals surface area contributed by atoms with Crippen molar-refractivity contribution in [2.24, 2.45) is 0 Å². The van der Waals surface area contributed by atoms with Gasteiger partial charge in [0.25, 0.3) is 5.69 Å². The van der Waals surface area contributed by atoms with E-state index in [4.69, 9.17) is 0 Å². The molecule has 0 heterocycles. The smallest absolute Gasteiger partial charge is 0.269 e. The van der Waals surface area contributed by atoms with Gasteiger partial charge in [0.15, 0.2) is 0 Å². The Morgan fingerprint density at radius 2 is 1.95 bits per heavy atom. The lowest BCUT2D eigenvalue weighted by Crippen LogP contribution is -2.13. The summed E-state index contributed by atoms with van der Waals surface area (Å²) in [6, 6.07) is 12.3. The number of nitro groups is 1. The van der Waals surface area contributed by atoms with Crippen LogP contribution in [0.5, 0.6) is 5.75 Å². The van der Waals surface area contributed by atoms with Crippen LogP contribution in [0.4, 0.5) is 11.4 Å². The summed E-state index contributed by atoms with van der Waals surface area (Å²) in [6.07, 6.45) is 0. The van der Waals surface area contributed by atoms with E-state index >= 15 is 0 Å². The number of carbonyl (C=O) groups is 1. The van der Waals surface area contributed by atoms with Crippen molar-refractivity contribution in [3.05, 3.63) is 58.6 Å². The van der Waals surface area contributed by atoms with Gasteiger partial charge in [0.2, 0.25) is 5.91 Å². The third-order valence-electron chi connectivity index (χ3n) is 2.55. The van der Waals surface area contributed by atoms with Crippen LogP contribution in [0.1, 0.15) is 0 Å². The number of aromatic hydroxyl groups is 1. The molecule has 0 saturated heterocycles. The van der Waals surface area contributed by atoms with Crippen molar-refractivity contribution in [3.63, 3.8) is 0 Å². The molecule has 0 fully saturated rings. The molecule has 7 heteroatoms. The number of hydrogen-bond acceptors (Lipinski definition) is 5. The van der Waals surface area contributed by atoms with E-state index < -0.39 is 4.92 Å². The maximum atomic E-state index is 11.8. The molecule has 2 rings (SSSR count). The number of anilines is 1. The van der Waals surface area contributed by atoms with Crippen LogP contribution in [-0.2, 0) is 4.79 Å². The second kappa shape index (κ2) is 6.76. The van der Waals surface area contributed by atoms with E-state index in [1.807, 2.05) is 0 Å². The van der Waals surface area contributed by atoms with Crippen LogP contribution in [0, 0.1) is 10.1 Å². The van der Waals surface area contributed by atoms with E-state index in [2.05, 4.69) is 5.32 Å². The van der Waals surface area contributed by atoms with Gasteiger partial charge in [-0.1, -0.05) is 6.07 Å². The van der Waals surface area contributed by atoms with Crippen molar-refractivity contribution in [1.29, 1.82) is 0 Å². The zero-order chi connectivity index (χ0) is 15.2. The predicted octanol–water partition coefficient (Wildman–Crippen LogP) is 3.03. The molecule has 2 aromatic rings. The maximum absolute atomic E-state index is 11.8. The van der Waals surface area contributed by atoms with Crippen LogP contribution in [-0.4, -0.2) is 21.7 Å². The lowest BCUT2D eigenvalue weighted by Gasteiger charge is -2.05. The minimum atomic E-state index is -0.469. The number of amides is 1. The van der Waals surface area contributed by atoms with E-state index in [-0.39, 0.29) is 23.1 Å². The summed E-state index contributed by atoms with van der Waals surface area (Å²) < 4.78 is 0. The largest absolute Gasteiger partial charge is 0.508 e. The topological polar surface area (TPSA) is 92.5 Å². The molecule has 2 aromatic carbocycles. The van der Waals surface area contributed by atoms with Crippen LogP contribution in [0.2, 0.25) is 0 Å².